The van der Waals surface area contributed by atoms with E-state index in [-0.39, 0.29) is 5.56 Å². The van der Waals surface area contributed by atoms with Gasteiger partial charge in [-0.1, -0.05) is 86.5 Å². The van der Waals surface area contributed by atoms with E-state index in [2.05, 4.69) is 31.2 Å². The largest absolute Gasteiger partial charge is 0.206 e. The van der Waals surface area contributed by atoms with E-state index in [1.165, 1.54) is 37.0 Å². The number of rotatable bonds is 7. The number of unbranched alkanes of at least 4 members (excludes halogenated alkanes) is 2. The van der Waals surface area contributed by atoms with E-state index in [0.29, 0.717) is 5.56 Å². The summed E-state index contributed by atoms with van der Waals surface area (Å²) in [7, 11) is 0. The molecule has 0 aliphatic rings. The molecule has 0 spiro atoms. The molecule has 0 heterocycles. The maximum atomic E-state index is 14.7. The van der Waals surface area contributed by atoms with Crippen molar-refractivity contribution in [1.82, 2.24) is 0 Å². The fraction of sp³-hybridized carbons (Fsp3) is 0.172. The molecule has 0 N–H and O–H groups in total. The Morgan fingerprint density at radius 2 is 1.03 bits per heavy atom. The van der Waals surface area contributed by atoms with Crippen molar-refractivity contribution in [2.75, 3.05) is 0 Å². The van der Waals surface area contributed by atoms with Crippen molar-refractivity contribution < 1.29 is 13.2 Å². The predicted octanol–water partition coefficient (Wildman–Crippen LogP) is 8.84. The van der Waals surface area contributed by atoms with Crippen LogP contribution in [0, 0.1) is 17.5 Å². The molecule has 0 radical (unpaired) electrons. The first-order chi connectivity index (χ1) is 15.5. The quantitative estimate of drug-likeness (QED) is 0.257. The third kappa shape index (κ3) is 4.94. The van der Waals surface area contributed by atoms with Crippen LogP contribution in [0.15, 0.2) is 84.9 Å². The number of halogens is 3. The van der Waals surface area contributed by atoms with E-state index >= 15 is 0 Å². The molecule has 0 aliphatic carbocycles. The lowest BCUT2D eigenvalue weighted by atomic mass is 9.97. The summed E-state index contributed by atoms with van der Waals surface area (Å²) in [5.41, 5.74) is 5.77. The topological polar surface area (TPSA) is 0 Å². The Morgan fingerprint density at radius 3 is 1.62 bits per heavy atom. The molecular weight excluding hydrogens is 405 g/mol. The lowest BCUT2D eigenvalue weighted by molar-refractivity contribution is 0.509. The summed E-state index contributed by atoms with van der Waals surface area (Å²) in [5.74, 6) is -2.41. The van der Waals surface area contributed by atoms with E-state index in [0.717, 1.165) is 40.8 Å². The average Bonchev–Trinajstić information content (AvgIpc) is 2.82. The van der Waals surface area contributed by atoms with E-state index in [4.69, 9.17) is 0 Å². The molecule has 0 bridgehead atoms. The second-order valence-electron chi connectivity index (χ2n) is 8.05. The number of aryl methyl sites for hydroxylation is 1. The summed E-state index contributed by atoms with van der Waals surface area (Å²) in [6, 6.07) is 24.9. The monoisotopic (exact) mass is 430 g/mol. The Bertz CT molecular complexity index is 1190. The molecule has 0 nitrogen and oxygen atoms in total. The Balaban J connectivity index is 1.51. The summed E-state index contributed by atoms with van der Waals surface area (Å²) in [4.78, 5) is 0. The van der Waals surface area contributed by atoms with Gasteiger partial charge in [0, 0.05) is 5.56 Å². The highest BCUT2D eigenvalue weighted by molar-refractivity contribution is 5.73. The zero-order chi connectivity index (χ0) is 22.5. The van der Waals surface area contributed by atoms with Crippen LogP contribution >= 0.6 is 0 Å². The van der Waals surface area contributed by atoms with Crippen molar-refractivity contribution in [3.8, 4) is 33.4 Å². The molecule has 162 valence electrons. The van der Waals surface area contributed by atoms with E-state index in [1.54, 1.807) is 12.1 Å². The molecular formula is C29H25F3. The molecule has 0 atom stereocenters. The van der Waals surface area contributed by atoms with Gasteiger partial charge in [0.2, 0.25) is 0 Å². The van der Waals surface area contributed by atoms with Gasteiger partial charge in [-0.3, -0.25) is 0 Å². The summed E-state index contributed by atoms with van der Waals surface area (Å²) in [5, 5.41) is 0. The second-order valence-corrected chi connectivity index (χ2v) is 8.05. The minimum atomic E-state index is -0.990. The number of hydrogen-bond acceptors (Lipinski definition) is 0. The minimum absolute atomic E-state index is 0.239. The van der Waals surface area contributed by atoms with Gasteiger partial charge in [-0.05, 0) is 64.4 Å². The average molecular weight is 431 g/mol. The number of benzene rings is 4. The first kappa shape index (κ1) is 21.9. The SMILES string of the molecule is CCCCCc1ccc(-c2ccc(-c3ccc(-c4ccc(F)c(F)c4)c(F)c3)cc2)cc1. The molecule has 4 aromatic rings. The third-order valence-electron chi connectivity index (χ3n) is 5.77. The fourth-order valence-electron chi connectivity index (χ4n) is 3.89. The molecule has 0 saturated carbocycles. The van der Waals surface area contributed by atoms with Crippen LogP contribution in [0.5, 0.6) is 0 Å². The van der Waals surface area contributed by atoms with Gasteiger partial charge < -0.3 is 0 Å². The maximum Gasteiger partial charge on any atom is 0.159 e. The first-order valence-corrected chi connectivity index (χ1v) is 11.0. The zero-order valence-corrected chi connectivity index (χ0v) is 18.0. The van der Waals surface area contributed by atoms with Gasteiger partial charge in [-0.15, -0.1) is 0 Å². The molecule has 4 aromatic carbocycles. The molecule has 32 heavy (non-hydrogen) atoms. The summed E-state index contributed by atoms with van der Waals surface area (Å²) in [6.45, 7) is 2.21. The Kier molecular flexibility index (Phi) is 6.75. The van der Waals surface area contributed by atoms with Crippen LogP contribution in [0.1, 0.15) is 31.7 Å². The molecule has 0 unspecified atom stereocenters. The fourth-order valence-corrected chi connectivity index (χ4v) is 3.89. The van der Waals surface area contributed by atoms with Crippen LogP contribution in [0.3, 0.4) is 0 Å². The van der Waals surface area contributed by atoms with Crippen molar-refractivity contribution >= 4 is 0 Å². The highest BCUT2D eigenvalue weighted by Crippen LogP contribution is 2.30. The molecule has 4 rings (SSSR count). The summed E-state index contributed by atoms with van der Waals surface area (Å²) in [6.07, 6.45) is 4.81. The molecule has 0 saturated heterocycles. The molecule has 3 heteroatoms. The summed E-state index contributed by atoms with van der Waals surface area (Å²) >= 11 is 0. The molecule has 0 aliphatic heterocycles. The van der Waals surface area contributed by atoms with Crippen molar-refractivity contribution in [2.24, 2.45) is 0 Å². The Labute approximate surface area is 187 Å². The highest BCUT2D eigenvalue weighted by atomic mass is 19.2. The van der Waals surface area contributed by atoms with Crippen LogP contribution in [0.25, 0.3) is 33.4 Å². The standard InChI is InChI=1S/C29H25F3/c1-2-3-4-5-20-6-8-21(9-7-20)22-10-12-23(13-11-22)24-14-16-26(28(31)18-24)25-15-17-27(30)29(32)19-25/h6-19H,2-5H2,1H3. The molecule has 0 fully saturated rings. The normalized spacial score (nSPS) is 11.0. The number of hydrogen-bond donors (Lipinski definition) is 0. The van der Waals surface area contributed by atoms with Gasteiger partial charge in [0.1, 0.15) is 5.82 Å². The van der Waals surface area contributed by atoms with Crippen LogP contribution in [0.4, 0.5) is 13.2 Å². The van der Waals surface area contributed by atoms with Crippen molar-refractivity contribution in [3.63, 3.8) is 0 Å². The second kappa shape index (κ2) is 9.86. The Morgan fingerprint density at radius 1 is 0.500 bits per heavy atom. The van der Waals surface area contributed by atoms with Gasteiger partial charge >= 0.3 is 0 Å². The van der Waals surface area contributed by atoms with Gasteiger partial charge in [0.15, 0.2) is 11.6 Å². The van der Waals surface area contributed by atoms with E-state index in [9.17, 15) is 13.2 Å². The van der Waals surface area contributed by atoms with Gasteiger partial charge in [0.25, 0.3) is 0 Å². The van der Waals surface area contributed by atoms with Crippen molar-refractivity contribution in [3.05, 3.63) is 108 Å². The van der Waals surface area contributed by atoms with E-state index in [1.807, 2.05) is 24.3 Å². The summed E-state index contributed by atoms with van der Waals surface area (Å²) < 4.78 is 41.4. The van der Waals surface area contributed by atoms with Crippen LogP contribution in [-0.2, 0) is 6.42 Å². The van der Waals surface area contributed by atoms with Crippen molar-refractivity contribution in [2.45, 2.75) is 32.6 Å². The molecule has 0 aromatic heterocycles. The van der Waals surface area contributed by atoms with E-state index < -0.39 is 17.5 Å². The van der Waals surface area contributed by atoms with Gasteiger partial charge in [-0.25, -0.2) is 13.2 Å². The van der Waals surface area contributed by atoms with Crippen LogP contribution < -0.4 is 0 Å². The maximum absolute atomic E-state index is 14.7. The third-order valence-corrected chi connectivity index (χ3v) is 5.77. The lowest BCUT2D eigenvalue weighted by Gasteiger charge is -2.09. The van der Waals surface area contributed by atoms with Gasteiger partial charge in [0.05, 0.1) is 0 Å². The van der Waals surface area contributed by atoms with Gasteiger partial charge in [-0.2, -0.15) is 0 Å². The van der Waals surface area contributed by atoms with Crippen LogP contribution in [-0.4, -0.2) is 0 Å². The predicted molar refractivity (Wildman–Crippen MR) is 126 cm³/mol. The van der Waals surface area contributed by atoms with Crippen molar-refractivity contribution in [1.29, 1.82) is 0 Å². The molecule has 0 amide bonds. The minimum Gasteiger partial charge on any atom is -0.206 e. The Hall–Kier alpha value is -3.33. The smallest absolute Gasteiger partial charge is 0.159 e. The highest BCUT2D eigenvalue weighted by Gasteiger charge is 2.10. The first-order valence-electron chi connectivity index (χ1n) is 11.0. The van der Waals surface area contributed by atoms with Crippen LogP contribution in [0.2, 0.25) is 0 Å². The lowest BCUT2D eigenvalue weighted by Crippen LogP contribution is -1.90. The zero-order valence-electron chi connectivity index (χ0n) is 18.0.